The lowest BCUT2D eigenvalue weighted by molar-refractivity contribution is -0.145. The van der Waals surface area contributed by atoms with E-state index in [0.717, 1.165) is 12.8 Å². The van der Waals surface area contributed by atoms with Crippen molar-refractivity contribution in [1.82, 2.24) is 0 Å². The normalized spacial score (nSPS) is 27.4. The minimum absolute atomic E-state index is 0.127. The van der Waals surface area contributed by atoms with Gasteiger partial charge in [0.25, 0.3) is 0 Å². The van der Waals surface area contributed by atoms with Gasteiger partial charge in [0.05, 0.1) is 0 Å². The van der Waals surface area contributed by atoms with Gasteiger partial charge in [0.2, 0.25) is 0 Å². The highest BCUT2D eigenvalue weighted by molar-refractivity contribution is 5.81. The number of carbonyl (C=O) groups excluding carboxylic acids is 1. The van der Waals surface area contributed by atoms with Gasteiger partial charge < -0.3 is 4.74 Å². The summed E-state index contributed by atoms with van der Waals surface area (Å²) in [5.41, 5.74) is 0. The molecule has 14 heavy (non-hydrogen) atoms. The molecule has 2 atom stereocenters. The van der Waals surface area contributed by atoms with Gasteiger partial charge in [-0.15, -0.1) is 0 Å². The molecule has 2 nitrogen and oxygen atoms in total. The molecule has 80 valence electrons. The van der Waals surface area contributed by atoms with E-state index in [0.29, 0.717) is 11.8 Å². The fourth-order valence-corrected chi connectivity index (χ4v) is 2.11. The van der Waals surface area contributed by atoms with E-state index in [1.54, 1.807) is 0 Å². The third-order valence-electron chi connectivity index (χ3n) is 3.06. The van der Waals surface area contributed by atoms with Crippen LogP contribution < -0.4 is 0 Å². The van der Waals surface area contributed by atoms with Crippen LogP contribution in [0.3, 0.4) is 0 Å². The molecule has 2 heteroatoms. The maximum absolute atomic E-state index is 11.0. The molecule has 0 saturated heterocycles. The third-order valence-corrected chi connectivity index (χ3v) is 3.06. The summed E-state index contributed by atoms with van der Waals surface area (Å²) < 4.78 is 5.26. The van der Waals surface area contributed by atoms with Crippen molar-refractivity contribution in [2.24, 2.45) is 11.8 Å². The number of esters is 1. The predicted octanol–water partition coefficient (Wildman–Crippen LogP) is 2.93. The molecule has 1 rings (SSSR count). The van der Waals surface area contributed by atoms with Crippen molar-refractivity contribution in [2.75, 3.05) is 0 Å². The third kappa shape index (κ3) is 3.17. The summed E-state index contributed by atoms with van der Waals surface area (Å²) in [6.45, 7) is 7.88. The van der Waals surface area contributed by atoms with Crippen molar-refractivity contribution in [2.45, 2.75) is 45.6 Å². The fraction of sp³-hybridized carbons (Fsp3) is 0.750. The van der Waals surface area contributed by atoms with Crippen LogP contribution in [0.5, 0.6) is 0 Å². The highest BCUT2D eigenvalue weighted by Crippen LogP contribution is 2.31. The number of carbonyl (C=O) groups is 1. The SMILES string of the molecule is C=CC(=O)OC1CCCC(C(C)C)C1. The average molecular weight is 196 g/mol. The molecule has 0 aromatic heterocycles. The van der Waals surface area contributed by atoms with Gasteiger partial charge in [0.15, 0.2) is 0 Å². The second kappa shape index (κ2) is 5.18. The van der Waals surface area contributed by atoms with Gasteiger partial charge >= 0.3 is 5.97 Å². The van der Waals surface area contributed by atoms with Gasteiger partial charge in [-0.1, -0.05) is 20.4 Å². The summed E-state index contributed by atoms with van der Waals surface area (Å²) in [4.78, 5) is 11.0. The van der Waals surface area contributed by atoms with E-state index in [2.05, 4.69) is 20.4 Å². The molecule has 0 bridgehead atoms. The van der Waals surface area contributed by atoms with Crippen LogP contribution in [-0.4, -0.2) is 12.1 Å². The van der Waals surface area contributed by atoms with E-state index in [1.165, 1.54) is 18.9 Å². The van der Waals surface area contributed by atoms with Crippen LogP contribution >= 0.6 is 0 Å². The minimum Gasteiger partial charge on any atom is -0.459 e. The van der Waals surface area contributed by atoms with Crippen molar-refractivity contribution < 1.29 is 9.53 Å². The Bertz CT molecular complexity index is 208. The summed E-state index contributed by atoms with van der Waals surface area (Å²) in [6.07, 6.45) is 5.87. The molecule has 1 saturated carbocycles. The van der Waals surface area contributed by atoms with Crippen LogP contribution in [-0.2, 0) is 9.53 Å². The van der Waals surface area contributed by atoms with E-state index in [-0.39, 0.29) is 12.1 Å². The van der Waals surface area contributed by atoms with Crippen LogP contribution in [0.1, 0.15) is 39.5 Å². The van der Waals surface area contributed by atoms with Crippen LogP contribution in [0, 0.1) is 11.8 Å². The number of rotatable bonds is 3. The summed E-state index contributed by atoms with van der Waals surface area (Å²) in [7, 11) is 0. The molecule has 0 N–H and O–H groups in total. The average Bonchev–Trinajstić information content (AvgIpc) is 2.18. The molecule has 1 aliphatic carbocycles. The number of ether oxygens (including phenoxy) is 1. The van der Waals surface area contributed by atoms with Gasteiger partial charge in [-0.2, -0.15) is 0 Å². The van der Waals surface area contributed by atoms with Crippen LogP contribution in [0.25, 0.3) is 0 Å². The Labute approximate surface area is 86.3 Å². The molecular formula is C12H20O2. The van der Waals surface area contributed by atoms with E-state index < -0.39 is 0 Å². The Morgan fingerprint density at radius 2 is 2.21 bits per heavy atom. The van der Waals surface area contributed by atoms with Crippen molar-refractivity contribution in [3.05, 3.63) is 12.7 Å². The molecule has 0 amide bonds. The lowest BCUT2D eigenvalue weighted by Gasteiger charge is -2.30. The summed E-state index contributed by atoms with van der Waals surface area (Å²) >= 11 is 0. The van der Waals surface area contributed by atoms with E-state index in [4.69, 9.17) is 4.74 Å². The first-order valence-corrected chi connectivity index (χ1v) is 5.46. The Morgan fingerprint density at radius 1 is 1.50 bits per heavy atom. The van der Waals surface area contributed by atoms with Crippen LogP contribution in [0.4, 0.5) is 0 Å². The summed E-state index contributed by atoms with van der Waals surface area (Å²) in [5.74, 6) is 1.13. The first-order chi connectivity index (χ1) is 6.63. The zero-order chi connectivity index (χ0) is 10.6. The van der Waals surface area contributed by atoms with Gasteiger partial charge in [-0.05, 0) is 37.5 Å². The lowest BCUT2D eigenvalue weighted by Crippen LogP contribution is -2.27. The second-order valence-electron chi connectivity index (χ2n) is 4.43. The molecule has 0 radical (unpaired) electrons. The predicted molar refractivity (Wildman–Crippen MR) is 56.9 cm³/mol. The molecule has 0 spiro atoms. The maximum atomic E-state index is 11.0. The van der Waals surface area contributed by atoms with E-state index in [1.807, 2.05) is 0 Å². The van der Waals surface area contributed by atoms with Crippen molar-refractivity contribution >= 4 is 5.97 Å². The minimum atomic E-state index is -0.278. The van der Waals surface area contributed by atoms with Gasteiger partial charge in [0.1, 0.15) is 6.10 Å². The van der Waals surface area contributed by atoms with Gasteiger partial charge in [0, 0.05) is 6.08 Å². The van der Waals surface area contributed by atoms with Crippen molar-refractivity contribution in [3.63, 3.8) is 0 Å². The lowest BCUT2D eigenvalue weighted by atomic mass is 9.80. The fourth-order valence-electron chi connectivity index (χ4n) is 2.11. The number of hydrogen-bond donors (Lipinski definition) is 0. The Morgan fingerprint density at radius 3 is 2.79 bits per heavy atom. The highest BCUT2D eigenvalue weighted by Gasteiger charge is 2.25. The number of hydrogen-bond acceptors (Lipinski definition) is 2. The molecule has 1 fully saturated rings. The summed E-state index contributed by atoms with van der Waals surface area (Å²) in [6, 6.07) is 0. The molecule has 1 aliphatic rings. The zero-order valence-electron chi connectivity index (χ0n) is 9.16. The smallest absolute Gasteiger partial charge is 0.330 e. The largest absolute Gasteiger partial charge is 0.459 e. The maximum Gasteiger partial charge on any atom is 0.330 e. The van der Waals surface area contributed by atoms with Gasteiger partial charge in [-0.3, -0.25) is 0 Å². The first kappa shape index (κ1) is 11.3. The molecule has 0 aromatic rings. The van der Waals surface area contributed by atoms with Crippen molar-refractivity contribution in [1.29, 1.82) is 0 Å². The molecule has 0 aliphatic heterocycles. The quantitative estimate of drug-likeness (QED) is 0.512. The first-order valence-electron chi connectivity index (χ1n) is 5.46. The molecule has 0 aromatic carbocycles. The topological polar surface area (TPSA) is 26.3 Å². The Balaban J connectivity index is 2.39. The molecule has 0 heterocycles. The van der Waals surface area contributed by atoms with Crippen LogP contribution in [0.2, 0.25) is 0 Å². The molecule has 2 unspecified atom stereocenters. The Kier molecular flexibility index (Phi) is 4.18. The Hall–Kier alpha value is -0.790. The van der Waals surface area contributed by atoms with E-state index >= 15 is 0 Å². The molecular weight excluding hydrogens is 176 g/mol. The standard InChI is InChI=1S/C12H20O2/c1-4-12(13)14-11-7-5-6-10(8-11)9(2)3/h4,9-11H,1,5-8H2,2-3H3. The highest BCUT2D eigenvalue weighted by atomic mass is 16.5. The summed E-state index contributed by atoms with van der Waals surface area (Å²) in [5, 5.41) is 0. The van der Waals surface area contributed by atoms with Gasteiger partial charge in [-0.25, -0.2) is 4.79 Å². The zero-order valence-corrected chi connectivity index (χ0v) is 9.16. The van der Waals surface area contributed by atoms with E-state index in [9.17, 15) is 4.79 Å². The van der Waals surface area contributed by atoms with Crippen molar-refractivity contribution in [3.8, 4) is 0 Å². The second-order valence-corrected chi connectivity index (χ2v) is 4.43. The van der Waals surface area contributed by atoms with Crippen LogP contribution in [0.15, 0.2) is 12.7 Å². The monoisotopic (exact) mass is 196 g/mol.